The van der Waals surface area contributed by atoms with E-state index in [1.54, 1.807) is 14.2 Å². The Labute approximate surface area is 206 Å². The summed E-state index contributed by atoms with van der Waals surface area (Å²) in [5.41, 5.74) is 2.61. The van der Waals surface area contributed by atoms with Crippen molar-refractivity contribution < 1.29 is 14.3 Å². The molecule has 184 valence electrons. The van der Waals surface area contributed by atoms with E-state index in [0.29, 0.717) is 42.3 Å². The smallest absolute Gasteiger partial charge is 0.134 e. The zero-order valence-corrected chi connectivity index (χ0v) is 21.1. The lowest BCUT2D eigenvalue weighted by atomic mass is 9.71. The van der Waals surface area contributed by atoms with Crippen LogP contribution in [0.1, 0.15) is 100 Å². The van der Waals surface area contributed by atoms with Crippen LogP contribution in [0.15, 0.2) is 48.5 Å². The Hall–Kier alpha value is -2.29. The predicted molar refractivity (Wildman–Crippen MR) is 139 cm³/mol. The fourth-order valence-corrected chi connectivity index (χ4v) is 6.46. The van der Waals surface area contributed by atoms with E-state index in [4.69, 9.17) is 9.47 Å². The van der Waals surface area contributed by atoms with Crippen molar-refractivity contribution in [2.45, 2.75) is 88.9 Å². The van der Waals surface area contributed by atoms with Gasteiger partial charge in [-0.25, -0.2) is 0 Å². The fraction of sp³-hybridized carbons (Fsp3) is 0.581. The van der Waals surface area contributed by atoms with Gasteiger partial charge in [-0.15, -0.1) is 0 Å². The van der Waals surface area contributed by atoms with E-state index in [2.05, 4.69) is 48.5 Å². The SMILES string of the molecule is COc1ccc(C(CC(=O)CC(c2ccc(OC)cc2)C2CCCCC2)C2CCCCC2)cc1. The normalized spacial score (nSPS) is 19.4. The van der Waals surface area contributed by atoms with Crippen LogP contribution >= 0.6 is 0 Å². The lowest BCUT2D eigenvalue weighted by Gasteiger charge is -2.33. The molecule has 2 aromatic rings. The number of hydrogen-bond acceptors (Lipinski definition) is 3. The van der Waals surface area contributed by atoms with Crippen LogP contribution in [0, 0.1) is 11.8 Å². The Kier molecular flexibility index (Phi) is 9.07. The van der Waals surface area contributed by atoms with Crippen molar-refractivity contribution in [1.82, 2.24) is 0 Å². The highest BCUT2D eigenvalue weighted by atomic mass is 16.5. The lowest BCUT2D eigenvalue weighted by Crippen LogP contribution is -2.23. The summed E-state index contributed by atoms with van der Waals surface area (Å²) in [6.07, 6.45) is 14.1. The van der Waals surface area contributed by atoms with Gasteiger partial charge in [-0.2, -0.15) is 0 Å². The van der Waals surface area contributed by atoms with Crippen molar-refractivity contribution >= 4 is 5.78 Å². The maximum atomic E-state index is 13.7. The highest BCUT2D eigenvalue weighted by Crippen LogP contribution is 2.42. The van der Waals surface area contributed by atoms with E-state index in [0.717, 1.165) is 11.5 Å². The van der Waals surface area contributed by atoms with Crippen molar-refractivity contribution in [3.05, 3.63) is 59.7 Å². The molecular formula is C31H42O3. The van der Waals surface area contributed by atoms with Gasteiger partial charge in [0.1, 0.15) is 17.3 Å². The number of benzene rings is 2. The van der Waals surface area contributed by atoms with E-state index in [9.17, 15) is 4.79 Å². The molecule has 2 fully saturated rings. The summed E-state index contributed by atoms with van der Waals surface area (Å²) in [5, 5.41) is 0. The van der Waals surface area contributed by atoms with E-state index in [1.807, 2.05) is 0 Å². The number of methoxy groups -OCH3 is 2. The number of ether oxygens (including phenoxy) is 2. The van der Waals surface area contributed by atoms with Crippen LogP contribution in [-0.2, 0) is 4.79 Å². The van der Waals surface area contributed by atoms with Gasteiger partial charge in [0.15, 0.2) is 0 Å². The first-order valence-corrected chi connectivity index (χ1v) is 13.5. The molecule has 2 aliphatic rings. The number of ketones is 1. The van der Waals surface area contributed by atoms with Crippen molar-refractivity contribution in [3.63, 3.8) is 0 Å². The number of rotatable bonds is 10. The minimum absolute atomic E-state index is 0.321. The second kappa shape index (κ2) is 12.4. The zero-order valence-electron chi connectivity index (χ0n) is 21.1. The van der Waals surface area contributed by atoms with Crippen LogP contribution in [0.3, 0.4) is 0 Å². The Balaban J connectivity index is 1.52. The molecule has 0 saturated heterocycles. The molecule has 2 atom stereocenters. The minimum atomic E-state index is 0.321. The summed E-state index contributed by atoms with van der Waals surface area (Å²) >= 11 is 0. The molecule has 0 aromatic heterocycles. The second-order valence-corrected chi connectivity index (χ2v) is 10.5. The average Bonchev–Trinajstić information content (AvgIpc) is 2.91. The molecule has 0 bridgehead atoms. The molecule has 34 heavy (non-hydrogen) atoms. The Bertz CT molecular complexity index is 800. The quantitative estimate of drug-likeness (QED) is 0.358. The third kappa shape index (κ3) is 6.43. The summed E-state index contributed by atoms with van der Waals surface area (Å²) in [6, 6.07) is 17.0. The van der Waals surface area contributed by atoms with Crippen molar-refractivity contribution in [2.24, 2.45) is 11.8 Å². The summed E-state index contributed by atoms with van der Waals surface area (Å²) in [4.78, 5) is 13.7. The summed E-state index contributed by atoms with van der Waals surface area (Å²) < 4.78 is 10.8. The maximum absolute atomic E-state index is 13.7. The summed E-state index contributed by atoms with van der Waals surface area (Å²) in [5.74, 6) is 4.06. The van der Waals surface area contributed by atoms with Gasteiger partial charge in [0, 0.05) is 12.8 Å². The molecule has 0 heterocycles. The molecule has 2 aliphatic carbocycles. The number of Topliss-reactive ketones (excluding diaryl/α,β-unsaturated/α-hetero) is 1. The van der Waals surface area contributed by atoms with Crippen molar-refractivity contribution in [3.8, 4) is 11.5 Å². The molecule has 3 nitrogen and oxygen atoms in total. The van der Waals surface area contributed by atoms with E-state index >= 15 is 0 Å². The van der Waals surface area contributed by atoms with E-state index in [-0.39, 0.29) is 0 Å². The minimum Gasteiger partial charge on any atom is -0.497 e. The first-order valence-electron chi connectivity index (χ1n) is 13.5. The first-order chi connectivity index (χ1) is 16.7. The molecule has 0 amide bonds. The van der Waals surface area contributed by atoms with Gasteiger partial charge in [-0.1, -0.05) is 62.8 Å². The van der Waals surface area contributed by atoms with E-state index < -0.39 is 0 Å². The average molecular weight is 463 g/mol. The molecule has 0 N–H and O–H groups in total. The number of hydrogen-bond donors (Lipinski definition) is 0. The number of carbonyl (C=O) groups excluding carboxylic acids is 1. The first kappa shape index (κ1) is 24.8. The lowest BCUT2D eigenvalue weighted by molar-refractivity contribution is -0.120. The molecule has 0 radical (unpaired) electrons. The Morgan fingerprint density at radius 1 is 0.647 bits per heavy atom. The third-order valence-corrected chi connectivity index (χ3v) is 8.42. The molecule has 3 heteroatoms. The molecule has 4 rings (SSSR count). The van der Waals surface area contributed by atoms with Crippen LogP contribution in [-0.4, -0.2) is 20.0 Å². The Morgan fingerprint density at radius 3 is 1.32 bits per heavy atom. The second-order valence-electron chi connectivity index (χ2n) is 10.5. The standard InChI is InChI=1S/C31H42O3/c1-33-28-17-13-25(14-18-28)30(23-9-5-3-6-10-23)21-27(32)22-31(24-11-7-4-8-12-24)26-15-19-29(34-2)20-16-26/h13-20,23-24,30-31H,3-12,21-22H2,1-2H3. The van der Waals surface area contributed by atoms with Crippen LogP contribution in [0.5, 0.6) is 11.5 Å². The topological polar surface area (TPSA) is 35.5 Å². The highest BCUT2D eigenvalue weighted by molar-refractivity contribution is 5.80. The highest BCUT2D eigenvalue weighted by Gasteiger charge is 2.31. The number of carbonyl (C=O) groups is 1. The molecule has 2 aromatic carbocycles. The van der Waals surface area contributed by atoms with Crippen LogP contribution in [0.4, 0.5) is 0 Å². The zero-order chi connectivity index (χ0) is 23.8. The molecule has 2 unspecified atom stereocenters. The van der Waals surface area contributed by atoms with Crippen LogP contribution in [0.25, 0.3) is 0 Å². The van der Waals surface area contributed by atoms with Gasteiger partial charge in [0.05, 0.1) is 14.2 Å². The monoisotopic (exact) mass is 462 g/mol. The van der Waals surface area contributed by atoms with Gasteiger partial charge < -0.3 is 9.47 Å². The summed E-state index contributed by atoms with van der Waals surface area (Å²) in [7, 11) is 3.42. The van der Waals surface area contributed by atoms with E-state index in [1.165, 1.54) is 75.3 Å². The fourth-order valence-electron chi connectivity index (χ4n) is 6.46. The molecule has 0 aliphatic heterocycles. The van der Waals surface area contributed by atoms with Gasteiger partial charge in [-0.3, -0.25) is 4.79 Å². The Morgan fingerprint density at radius 2 is 1.00 bits per heavy atom. The molecule has 2 saturated carbocycles. The van der Waals surface area contributed by atoms with Crippen molar-refractivity contribution in [1.29, 1.82) is 0 Å². The van der Waals surface area contributed by atoms with Crippen molar-refractivity contribution in [2.75, 3.05) is 14.2 Å². The molecular weight excluding hydrogens is 420 g/mol. The predicted octanol–water partition coefficient (Wildman–Crippen LogP) is 8.08. The summed E-state index contributed by atoms with van der Waals surface area (Å²) in [6.45, 7) is 0. The third-order valence-electron chi connectivity index (χ3n) is 8.42. The van der Waals surface area contributed by atoms with Gasteiger partial charge >= 0.3 is 0 Å². The largest absolute Gasteiger partial charge is 0.497 e. The van der Waals surface area contributed by atoms with Gasteiger partial charge in [0.2, 0.25) is 0 Å². The van der Waals surface area contributed by atoms with Gasteiger partial charge in [-0.05, 0) is 84.7 Å². The maximum Gasteiger partial charge on any atom is 0.134 e. The van der Waals surface area contributed by atoms with Crippen LogP contribution < -0.4 is 9.47 Å². The van der Waals surface area contributed by atoms with Crippen LogP contribution in [0.2, 0.25) is 0 Å². The van der Waals surface area contributed by atoms with Gasteiger partial charge in [0.25, 0.3) is 0 Å². The molecule has 0 spiro atoms.